The first kappa shape index (κ1) is 17.2. The van der Waals surface area contributed by atoms with E-state index in [9.17, 15) is 0 Å². The zero-order chi connectivity index (χ0) is 13.8. The summed E-state index contributed by atoms with van der Waals surface area (Å²) in [4.78, 5) is 9.64. The van der Waals surface area contributed by atoms with Crippen molar-refractivity contribution in [2.24, 2.45) is 5.41 Å². The van der Waals surface area contributed by atoms with Crippen LogP contribution in [0.15, 0.2) is 10.9 Å². The molecule has 6 heteroatoms. The molecule has 1 atom stereocenters. The fourth-order valence-corrected chi connectivity index (χ4v) is 3.98. The summed E-state index contributed by atoms with van der Waals surface area (Å²) in [6.45, 7) is 11.9. The highest BCUT2D eigenvalue weighted by Gasteiger charge is 2.31. The summed E-state index contributed by atoms with van der Waals surface area (Å²) in [5.41, 5.74) is 3.66. The lowest BCUT2D eigenvalue weighted by molar-refractivity contribution is 0.178. The summed E-state index contributed by atoms with van der Waals surface area (Å²) in [5, 5.41) is 5.69. The zero-order valence-electron chi connectivity index (χ0n) is 12.9. The maximum atomic E-state index is 4.41. The number of nitrogens with zero attached hydrogens (tertiary/aromatic N) is 3. The van der Waals surface area contributed by atoms with Gasteiger partial charge in [0, 0.05) is 38.1 Å². The molecule has 1 aromatic heterocycles. The molecule has 2 saturated heterocycles. The number of aromatic nitrogens is 1. The van der Waals surface area contributed by atoms with Gasteiger partial charge in [0.1, 0.15) is 0 Å². The van der Waals surface area contributed by atoms with E-state index in [1.54, 1.807) is 11.3 Å². The molecule has 0 radical (unpaired) electrons. The van der Waals surface area contributed by atoms with Crippen LogP contribution in [0.1, 0.15) is 25.5 Å². The van der Waals surface area contributed by atoms with Crippen molar-refractivity contribution in [3.63, 3.8) is 0 Å². The number of hydrogen-bond donors (Lipinski definition) is 1. The van der Waals surface area contributed by atoms with Crippen LogP contribution >= 0.6 is 23.7 Å². The van der Waals surface area contributed by atoms with Crippen LogP contribution in [0.5, 0.6) is 0 Å². The van der Waals surface area contributed by atoms with Crippen molar-refractivity contribution in [1.82, 2.24) is 20.1 Å². The van der Waals surface area contributed by atoms with Crippen LogP contribution in [0.2, 0.25) is 0 Å². The van der Waals surface area contributed by atoms with Crippen LogP contribution in [0.25, 0.3) is 0 Å². The molecule has 2 aliphatic rings. The second-order valence-corrected chi connectivity index (χ2v) is 7.34. The molecule has 1 N–H and O–H groups in total. The molecule has 21 heavy (non-hydrogen) atoms. The quantitative estimate of drug-likeness (QED) is 0.916. The summed E-state index contributed by atoms with van der Waals surface area (Å²) < 4.78 is 0. The van der Waals surface area contributed by atoms with Gasteiger partial charge in [-0.05, 0) is 37.9 Å². The fourth-order valence-electron chi connectivity index (χ4n) is 3.43. The molecule has 3 rings (SSSR count). The average molecular weight is 331 g/mol. The topological polar surface area (TPSA) is 31.4 Å². The van der Waals surface area contributed by atoms with Crippen LogP contribution in [-0.2, 0) is 6.54 Å². The van der Waals surface area contributed by atoms with E-state index in [-0.39, 0.29) is 12.4 Å². The van der Waals surface area contributed by atoms with Gasteiger partial charge in [-0.25, -0.2) is 4.98 Å². The van der Waals surface area contributed by atoms with Gasteiger partial charge >= 0.3 is 0 Å². The smallest absolute Gasteiger partial charge is 0.0795 e. The Morgan fingerprint density at radius 2 is 2.10 bits per heavy atom. The third-order valence-corrected chi connectivity index (χ3v) is 5.25. The Balaban J connectivity index is 0.00000161. The van der Waals surface area contributed by atoms with E-state index in [4.69, 9.17) is 0 Å². The molecule has 3 heterocycles. The number of hydrogen-bond acceptors (Lipinski definition) is 5. The minimum absolute atomic E-state index is 0. The van der Waals surface area contributed by atoms with Gasteiger partial charge in [0.25, 0.3) is 0 Å². The van der Waals surface area contributed by atoms with Gasteiger partial charge in [0.05, 0.1) is 11.2 Å². The SMILES string of the molecule is CC1(CN2CCCN(Cc3cscn3)CC2)CCNC1.Cl. The van der Waals surface area contributed by atoms with E-state index in [0.717, 1.165) is 6.54 Å². The van der Waals surface area contributed by atoms with E-state index in [0.29, 0.717) is 5.41 Å². The van der Waals surface area contributed by atoms with Gasteiger partial charge in [-0.15, -0.1) is 23.7 Å². The molecule has 1 aromatic rings. The van der Waals surface area contributed by atoms with Crippen molar-refractivity contribution in [2.75, 3.05) is 45.8 Å². The summed E-state index contributed by atoms with van der Waals surface area (Å²) in [6.07, 6.45) is 2.61. The predicted octanol–water partition coefficient (Wildman–Crippen LogP) is 2.07. The summed E-state index contributed by atoms with van der Waals surface area (Å²) in [7, 11) is 0. The molecule has 120 valence electrons. The van der Waals surface area contributed by atoms with Gasteiger partial charge in [0.15, 0.2) is 0 Å². The molecular weight excluding hydrogens is 304 g/mol. The molecule has 0 bridgehead atoms. The van der Waals surface area contributed by atoms with Gasteiger partial charge in [-0.2, -0.15) is 0 Å². The average Bonchev–Trinajstić information content (AvgIpc) is 3.02. The lowest BCUT2D eigenvalue weighted by atomic mass is 9.89. The molecule has 0 spiro atoms. The van der Waals surface area contributed by atoms with E-state index in [1.807, 2.05) is 5.51 Å². The van der Waals surface area contributed by atoms with Crippen molar-refractivity contribution in [3.05, 3.63) is 16.6 Å². The summed E-state index contributed by atoms with van der Waals surface area (Å²) in [6, 6.07) is 0. The van der Waals surface area contributed by atoms with Crippen molar-refractivity contribution in [1.29, 1.82) is 0 Å². The Morgan fingerprint density at radius 1 is 1.29 bits per heavy atom. The zero-order valence-corrected chi connectivity index (χ0v) is 14.5. The molecule has 0 aromatic carbocycles. The van der Waals surface area contributed by atoms with Crippen LogP contribution in [0, 0.1) is 5.41 Å². The van der Waals surface area contributed by atoms with E-state index >= 15 is 0 Å². The Labute approximate surface area is 138 Å². The molecular formula is C15H27ClN4S. The minimum atomic E-state index is 0. The van der Waals surface area contributed by atoms with Crippen LogP contribution < -0.4 is 5.32 Å². The largest absolute Gasteiger partial charge is 0.316 e. The normalized spacial score (nSPS) is 28.2. The van der Waals surface area contributed by atoms with E-state index in [2.05, 4.69) is 32.4 Å². The van der Waals surface area contributed by atoms with Crippen LogP contribution in [0.4, 0.5) is 0 Å². The van der Waals surface area contributed by atoms with E-state index in [1.165, 1.54) is 64.3 Å². The highest BCUT2D eigenvalue weighted by molar-refractivity contribution is 7.07. The highest BCUT2D eigenvalue weighted by Crippen LogP contribution is 2.26. The number of nitrogens with one attached hydrogen (secondary N) is 1. The third kappa shape index (κ3) is 4.89. The predicted molar refractivity (Wildman–Crippen MR) is 91.3 cm³/mol. The third-order valence-electron chi connectivity index (χ3n) is 4.61. The van der Waals surface area contributed by atoms with Gasteiger partial charge in [-0.1, -0.05) is 6.92 Å². The number of thiazole rings is 1. The van der Waals surface area contributed by atoms with Gasteiger partial charge in [0.2, 0.25) is 0 Å². The second-order valence-electron chi connectivity index (χ2n) is 6.62. The molecule has 0 saturated carbocycles. The van der Waals surface area contributed by atoms with Gasteiger partial charge in [-0.3, -0.25) is 4.90 Å². The summed E-state index contributed by atoms with van der Waals surface area (Å²) in [5.74, 6) is 0. The number of rotatable bonds is 4. The second kappa shape index (κ2) is 7.88. The molecule has 2 aliphatic heterocycles. The standard InChI is InChI=1S/C15H26N4S.ClH/c1-15(3-4-16-11-15)12-19-6-2-5-18(7-8-19)9-14-10-20-13-17-14;/h10,13,16H,2-9,11-12H2,1H3;1H. The Bertz CT molecular complexity index is 406. The Hall–Kier alpha value is -0.200. The lowest BCUT2D eigenvalue weighted by Gasteiger charge is -2.31. The summed E-state index contributed by atoms with van der Waals surface area (Å²) >= 11 is 1.70. The Kier molecular flexibility index (Phi) is 6.44. The molecule has 2 fully saturated rings. The molecule has 1 unspecified atom stereocenters. The van der Waals surface area contributed by atoms with Crippen molar-refractivity contribution in [2.45, 2.75) is 26.3 Å². The molecule has 0 aliphatic carbocycles. The van der Waals surface area contributed by atoms with Gasteiger partial charge < -0.3 is 10.2 Å². The lowest BCUT2D eigenvalue weighted by Crippen LogP contribution is -2.39. The number of halogens is 1. The maximum absolute atomic E-state index is 4.41. The van der Waals surface area contributed by atoms with E-state index < -0.39 is 0 Å². The Morgan fingerprint density at radius 3 is 2.81 bits per heavy atom. The van der Waals surface area contributed by atoms with Crippen LogP contribution in [0.3, 0.4) is 0 Å². The van der Waals surface area contributed by atoms with Crippen molar-refractivity contribution >= 4 is 23.7 Å². The van der Waals surface area contributed by atoms with Crippen molar-refractivity contribution in [3.8, 4) is 0 Å². The fraction of sp³-hybridized carbons (Fsp3) is 0.800. The van der Waals surface area contributed by atoms with Crippen molar-refractivity contribution < 1.29 is 0 Å². The minimum Gasteiger partial charge on any atom is -0.316 e. The first-order valence-corrected chi connectivity index (χ1v) is 8.70. The first-order chi connectivity index (χ1) is 9.73. The van der Waals surface area contributed by atoms with Crippen LogP contribution in [-0.4, -0.2) is 60.6 Å². The highest BCUT2D eigenvalue weighted by atomic mass is 35.5. The molecule has 4 nitrogen and oxygen atoms in total. The molecule has 0 amide bonds. The maximum Gasteiger partial charge on any atom is 0.0795 e. The first-order valence-electron chi connectivity index (χ1n) is 7.76. The monoisotopic (exact) mass is 330 g/mol.